The summed E-state index contributed by atoms with van der Waals surface area (Å²) in [5, 5.41) is 0. The lowest BCUT2D eigenvalue weighted by atomic mass is 10.1. The van der Waals surface area contributed by atoms with Crippen LogP contribution in [0.2, 0.25) is 0 Å². The van der Waals surface area contributed by atoms with Gasteiger partial charge in [-0.05, 0) is 6.42 Å². The first-order valence-electron chi connectivity index (χ1n) is 5.66. The first-order chi connectivity index (χ1) is 9.52. The van der Waals surface area contributed by atoms with Gasteiger partial charge < -0.3 is 12.3 Å². The molecule has 0 aliphatic carbocycles. The van der Waals surface area contributed by atoms with E-state index in [1.54, 1.807) is 0 Å². The zero-order valence-corrected chi connectivity index (χ0v) is 14.1. The molecule has 15 heteroatoms. The Morgan fingerprint density at radius 3 is 1.61 bits per heavy atom. The molecule has 0 saturated heterocycles. The fraction of sp³-hybridized carbons (Fsp3) is 0.875. The zero-order chi connectivity index (χ0) is 16.9. The zero-order valence-electron chi connectivity index (χ0n) is 12.5. The monoisotopic (exact) mass is 390 g/mol. The maximum absolute atomic E-state index is 11.1. The third-order valence-corrected chi connectivity index (χ3v) is 2.34. The average Bonchev–Trinajstić information content (AvgIpc) is 2.35. The molecule has 0 aliphatic rings. The van der Waals surface area contributed by atoms with Crippen LogP contribution < -0.4 is 12.3 Å². The molecule has 0 saturated carbocycles. The van der Waals surface area contributed by atoms with Crippen molar-refractivity contribution in [3.63, 3.8) is 0 Å². The largest absolute Gasteiger partial charge is 0.425 e. The summed E-state index contributed by atoms with van der Waals surface area (Å²) in [4.78, 5) is 13.3. The van der Waals surface area contributed by atoms with E-state index in [0.717, 1.165) is 19.3 Å². The lowest BCUT2D eigenvalue weighted by Gasteiger charge is -1.96. The van der Waals surface area contributed by atoms with Crippen LogP contribution in [0.3, 0.4) is 0 Å². The van der Waals surface area contributed by atoms with Gasteiger partial charge in [-0.1, -0.05) is 41.3 Å². The second-order valence-corrected chi connectivity index (χ2v) is 5.59. The number of unbranched alkanes of at least 4 members (excludes halogenated alkanes) is 4. The number of carbonyl (C=O) groups excluding carboxylic acids is 1. The van der Waals surface area contributed by atoms with Crippen LogP contribution in [0.1, 0.15) is 45.4 Å². The Kier molecular flexibility index (Phi) is 20.8. The molecule has 0 bridgehead atoms. The van der Waals surface area contributed by atoms with E-state index in [4.69, 9.17) is 9.11 Å². The van der Waals surface area contributed by atoms with Gasteiger partial charge in [0.2, 0.25) is 0 Å². The summed E-state index contributed by atoms with van der Waals surface area (Å²) in [6, 6.07) is 0. The van der Waals surface area contributed by atoms with Gasteiger partial charge in [-0.25, -0.2) is 4.79 Å². The second kappa shape index (κ2) is 15.9. The Morgan fingerprint density at radius 2 is 1.30 bits per heavy atom. The predicted octanol–water partition coefficient (Wildman–Crippen LogP) is 1.64. The molecule has 0 atom stereocenters. The SMILES string of the molecule is CCCCCCCC(=O)OF.N.N.O=S(=O)(O)OOS(=O)(=O)O. The summed E-state index contributed by atoms with van der Waals surface area (Å²) in [6.07, 6.45) is 5.42. The number of hydrogen-bond donors (Lipinski definition) is 4. The highest BCUT2D eigenvalue weighted by Gasteiger charge is 2.13. The van der Waals surface area contributed by atoms with Crippen LogP contribution >= 0.6 is 0 Å². The van der Waals surface area contributed by atoms with E-state index in [0.29, 0.717) is 0 Å². The second-order valence-electron chi connectivity index (χ2n) is 3.60. The molecule has 0 radical (unpaired) electrons. The van der Waals surface area contributed by atoms with E-state index in [2.05, 4.69) is 20.5 Å². The summed E-state index contributed by atoms with van der Waals surface area (Å²) in [5.74, 6) is -0.749. The Labute approximate surface area is 134 Å². The fourth-order valence-electron chi connectivity index (χ4n) is 0.982. The topological polar surface area (TPSA) is 223 Å². The molecule has 0 unspecified atom stereocenters. The van der Waals surface area contributed by atoms with Crippen LogP contribution in [0.25, 0.3) is 0 Å². The highest BCUT2D eigenvalue weighted by atomic mass is 32.3. The molecule has 12 nitrogen and oxygen atoms in total. The summed E-state index contributed by atoms with van der Waals surface area (Å²) >= 11 is 0. The van der Waals surface area contributed by atoms with Crippen molar-refractivity contribution in [2.45, 2.75) is 45.4 Å². The first-order valence-corrected chi connectivity index (χ1v) is 8.39. The Hall–Kier alpha value is -0.940. The van der Waals surface area contributed by atoms with Crippen molar-refractivity contribution in [3.05, 3.63) is 0 Å². The van der Waals surface area contributed by atoms with E-state index in [-0.39, 0.29) is 18.7 Å². The van der Waals surface area contributed by atoms with Gasteiger partial charge in [-0.3, -0.25) is 14.0 Å². The maximum Gasteiger partial charge on any atom is 0.425 e. The van der Waals surface area contributed by atoms with Gasteiger partial charge in [-0.2, -0.15) is 16.8 Å². The van der Waals surface area contributed by atoms with Crippen LogP contribution in [0.15, 0.2) is 0 Å². The minimum atomic E-state index is -5.02. The van der Waals surface area contributed by atoms with Gasteiger partial charge in [0, 0.05) is 10.9 Å². The third-order valence-electron chi connectivity index (χ3n) is 1.77. The quantitative estimate of drug-likeness (QED) is 0.191. The standard InChI is InChI=1S/C8H15FO2.2H3N.H2O8S2/c1-2-3-4-5-6-7-8(10)11-9;;;1-9(2,3)7-8-10(4,5)6/h2-7H2,1H3;2*1H3;(H,1,2,3)(H,4,5,6). The van der Waals surface area contributed by atoms with Gasteiger partial charge in [0.15, 0.2) is 0 Å². The molecule has 144 valence electrons. The van der Waals surface area contributed by atoms with Crippen molar-refractivity contribution < 1.29 is 48.9 Å². The molecule has 0 heterocycles. The highest BCUT2D eigenvalue weighted by molar-refractivity contribution is 7.83. The van der Waals surface area contributed by atoms with Crippen LogP contribution in [-0.2, 0) is 39.2 Å². The summed E-state index contributed by atoms with van der Waals surface area (Å²) in [5.41, 5.74) is 0. The Morgan fingerprint density at radius 1 is 0.913 bits per heavy atom. The first kappa shape index (κ1) is 30.0. The van der Waals surface area contributed by atoms with Crippen molar-refractivity contribution in [2.75, 3.05) is 0 Å². The van der Waals surface area contributed by atoms with Crippen LogP contribution in [0.4, 0.5) is 4.53 Å². The van der Waals surface area contributed by atoms with Crippen molar-refractivity contribution in [3.8, 4) is 0 Å². The lowest BCUT2D eigenvalue weighted by Crippen LogP contribution is -2.10. The van der Waals surface area contributed by atoms with E-state index >= 15 is 0 Å². The van der Waals surface area contributed by atoms with E-state index in [1.165, 1.54) is 12.8 Å². The highest BCUT2D eigenvalue weighted by Crippen LogP contribution is 2.05. The van der Waals surface area contributed by atoms with Gasteiger partial charge in [0.25, 0.3) is 0 Å². The summed E-state index contributed by atoms with van der Waals surface area (Å²) < 4.78 is 70.0. The van der Waals surface area contributed by atoms with Crippen LogP contribution in [0.5, 0.6) is 0 Å². The molecule has 0 spiro atoms. The van der Waals surface area contributed by atoms with Gasteiger partial charge in [-0.15, -0.1) is 0 Å². The molecule has 0 aliphatic heterocycles. The van der Waals surface area contributed by atoms with Crippen molar-refractivity contribution in [2.24, 2.45) is 0 Å². The molecule has 0 amide bonds. The van der Waals surface area contributed by atoms with Gasteiger partial charge >= 0.3 is 26.8 Å². The average molecular weight is 390 g/mol. The molecule has 8 N–H and O–H groups in total. The van der Waals surface area contributed by atoms with E-state index < -0.39 is 26.8 Å². The number of halogens is 1. The number of carbonyl (C=O) groups is 1. The molecule has 0 aromatic rings. The molecule has 0 aromatic heterocycles. The van der Waals surface area contributed by atoms with Crippen LogP contribution in [0, 0.1) is 0 Å². The third kappa shape index (κ3) is 33.7. The number of hydrogen-bond acceptors (Lipinski definition) is 10. The predicted molar refractivity (Wildman–Crippen MR) is 75.9 cm³/mol. The summed E-state index contributed by atoms with van der Waals surface area (Å²) in [6.45, 7) is 2.12. The molecule has 0 rings (SSSR count). The van der Waals surface area contributed by atoms with E-state index in [9.17, 15) is 26.2 Å². The summed E-state index contributed by atoms with van der Waals surface area (Å²) in [7, 11) is -10.0. The molecular formula is C8H23FN2O10S2. The minimum Gasteiger partial charge on any atom is -0.344 e. The van der Waals surface area contributed by atoms with Crippen molar-refractivity contribution >= 4 is 26.8 Å². The maximum atomic E-state index is 11.1. The van der Waals surface area contributed by atoms with Crippen molar-refractivity contribution in [1.82, 2.24) is 12.3 Å². The van der Waals surface area contributed by atoms with E-state index in [1.807, 2.05) is 0 Å². The smallest absolute Gasteiger partial charge is 0.344 e. The minimum absolute atomic E-state index is 0. The Bertz CT molecular complexity index is 449. The van der Waals surface area contributed by atoms with Crippen molar-refractivity contribution in [1.29, 1.82) is 0 Å². The molecular weight excluding hydrogens is 367 g/mol. The normalized spacial score (nSPS) is 10.4. The molecule has 0 aromatic carbocycles. The molecule has 23 heavy (non-hydrogen) atoms. The van der Waals surface area contributed by atoms with Crippen LogP contribution in [-0.4, -0.2) is 31.9 Å². The van der Waals surface area contributed by atoms with Gasteiger partial charge in [0.1, 0.15) is 0 Å². The fourth-order valence-corrected chi connectivity index (χ4v) is 1.54. The van der Waals surface area contributed by atoms with Gasteiger partial charge in [0.05, 0.1) is 0 Å². The Balaban J connectivity index is -0.000000145. The lowest BCUT2D eigenvalue weighted by molar-refractivity contribution is -0.183. The number of rotatable bonds is 9. The molecule has 0 fully saturated rings.